The molecule has 0 saturated carbocycles. The van der Waals surface area contributed by atoms with Gasteiger partial charge in [0.1, 0.15) is 0 Å². The van der Waals surface area contributed by atoms with Crippen LogP contribution in [0.15, 0.2) is 47.8 Å². The van der Waals surface area contributed by atoms with Gasteiger partial charge in [-0.15, -0.1) is 11.3 Å². The summed E-state index contributed by atoms with van der Waals surface area (Å²) in [5.74, 6) is -0.284. The number of nitrogens with two attached hydrogens (primary N) is 1. The molecule has 1 fully saturated rings. The van der Waals surface area contributed by atoms with Crippen molar-refractivity contribution in [3.8, 4) is 0 Å². The molecule has 0 radical (unpaired) electrons. The smallest absolute Gasteiger partial charge is 0.248 e. The van der Waals surface area contributed by atoms with Crippen molar-refractivity contribution in [3.63, 3.8) is 0 Å². The fraction of sp³-hybridized carbons (Fsp3) is 0.312. The summed E-state index contributed by atoms with van der Waals surface area (Å²) >= 11 is 1.60. The molecule has 2 N–H and O–H groups in total. The molecule has 4 heteroatoms. The lowest BCUT2D eigenvalue weighted by Gasteiger charge is -2.39. The molecule has 20 heavy (non-hydrogen) atoms. The molecule has 1 atom stereocenters. The number of hydrogen-bond donors (Lipinski definition) is 1. The minimum absolute atomic E-state index is 0.284. The number of carbonyl (C=O) groups is 1. The van der Waals surface area contributed by atoms with E-state index in [4.69, 9.17) is 5.73 Å². The molecule has 2 heterocycles. The Labute approximate surface area is 123 Å². The van der Waals surface area contributed by atoms with Gasteiger partial charge >= 0.3 is 0 Å². The van der Waals surface area contributed by atoms with Crippen molar-refractivity contribution in [2.45, 2.75) is 18.4 Å². The van der Waals surface area contributed by atoms with Gasteiger partial charge in [0.2, 0.25) is 5.91 Å². The van der Waals surface area contributed by atoms with E-state index >= 15 is 0 Å². The zero-order valence-electron chi connectivity index (χ0n) is 11.3. The normalized spacial score (nSPS) is 18.8. The highest BCUT2D eigenvalue weighted by atomic mass is 32.1. The summed E-state index contributed by atoms with van der Waals surface area (Å²) in [6.45, 7) is 1.82. The lowest BCUT2D eigenvalue weighted by molar-refractivity contribution is -0.127. The zero-order chi connectivity index (χ0) is 14.0. The molecule has 104 valence electrons. The van der Waals surface area contributed by atoms with Crippen molar-refractivity contribution in [1.82, 2.24) is 4.90 Å². The first kappa shape index (κ1) is 13.3. The minimum Gasteiger partial charge on any atom is -0.367 e. The SMILES string of the molecule is NC(=O)C(c1ccccc1)(c1cccs1)N1CCCC1. The van der Waals surface area contributed by atoms with Crippen molar-refractivity contribution in [2.24, 2.45) is 5.73 Å². The second-order valence-corrected chi connectivity index (χ2v) is 6.06. The molecule has 1 aliphatic rings. The fourth-order valence-electron chi connectivity index (χ4n) is 3.12. The molecule has 3 nitrogen and oxygen atoms in total. The van der Waals surface area contributed by atoms with Crippen LogP contribution in [0.25, 0.3) is 0 Å². The average molecular weight is 286 g/mol. The highest BCUT2D eigenvalue weighted by Crippen LogP contribution is 2.40. The fourth-order valence-corrected chi connectivity index (χ4v) is 4.10. The number of benzene rings is 1. The number of amides is 1. The highest BCUT2D eigenvalue weighted by Gasteiger charge is 2.47. The van der Waals surface area contributed by atoms with Gasteiger partial charge in [-0.25, -0.2) is 0 Å². The summed E-state index contributed by atoms with van der Waals surface area (Å²) in [6.07, 6.45) is 2.24. The van der Waals surface area contributed by atoms with E-state index in [2.05, 4.69) is 4.90 Å². The molecule has 0 bridgehead atoms. The van der Waals surface area contributed by atoms with Crippen LogP contribution < -0.4 is 5.73 Å². The summed E-state index contributed by atoms with van der Waals surface area (Å²) < 4.78 is 0. The number of hydrogen-bond acceptors (Lipinski definition) is 3. The Bertz CT molecular complexity index is 576. The third kappa shape index (κ3) is 1.96. The molecule has 1 saturated heterocycles. The van der Waals surface area contributed by atoms with Gasteiger partial charge in [0.05, 0.1) is 0 Å². The molecular formula is C16H18N2OS. The summed E-state index contributed by atoms with van der Waals surface area (Å²) in [7, 11) is 0. The number of likely N-dealkylation sites (tertiary alicyclic amines) is 1. The van der Waals surface area contributed by atoms with Gasteiger partial charge in [0.25, 0.3) is 0 Å². The number of thiophene rings is 1. The molecule has 0 spiro atoms. The monoisotopic (exact) mass is 286 g/mol. The van der Waals surface area contributed by atoms with Crippen LogP contribution in [-0.4, -0.2) is 23.9 Å². The first-order valence-electron chi connectivity index (χ1n) is 6.90. The quantitative estimate of drug-likeness (QED) is 0.939. The Morgan fingerprint density at radius 2 is 1.80 bits per heavy atom. The zero-order valence-corrected chi connectivity index (χ0v) is 12.1. The lowest BCUT2D eigenvalue weighted by Crippen LogP contribution is -2.54. The summed E-state index contributed by atoms with van der Waals surface area (Å²) in [5.41, 5.74) is 6.06. The van der Waals surface area contributed by atoms with Gasteiger partial charge in [-0.05, 0) is 42.9 Å². The van der Waals surface area contributed by atoms with E-state index in [1.807, 2.05) is 47.8 Å². The predicted molar refractivity (Wildman–Crippen MR) is 81.5 cm³/mol. The van der Waals surface area contributed by atoms with Crippen LogP contribution >= 0.6 is 11.3 Å². The van der Waals surface area contributed by atoms with Crippen LogP contribution in [0.2, 0.25) is 0 Å². The van der Waals surface area contributed by atoms with E-state index in [1.165, 1.54) is 0 Å². The molecule has 1 aromatic heterocycles. The Kier molecular flexibility index (Phi) is 3.59. The van der Waals surface area contributed by atoms with Crippen LogP contribution in [0.5, 0.6) is 0 Å². The van der Waals surface area contributed by atoms with Crippen molar-refractivity contribution in [3.05, 3.63) is 58.3 Å². The van der Waals surface area contributed by atoms with Gasteiger partial charge < -0.3 is 5.73 Å². The van der Waals surface area contributed by atoms with Gasteiger partial charge in [-0.2, -0.15) is 0 Å². The molecular weight excluding hydrogens is 268 g/mol. The molecule has 1 amide bonds. The van der Waals surface area contributed by atoms with Crippen LogP contribution in [0.1, 0.15) is 23.3 Å². The Hall–Kier alpha value is -1.65. The molecule has 1 unspecified atom stereocenters. The Morgan fingerprint density at radius 1 is 1.10 bits per heavy atom. The van der Waals surface area contributed by atoms with Crippen molar-refractivity contribution >= 4 is 17.2 Å². The van der Waals surface area contributed by atoms with Gasteiger partial charge in [0, 0.05) is 4.88 Å². The van der Waals surface area contributed by atoms with Crippen molar-refractivity contribution < 1.29 is 4.79 Å². The van der Waals surface area contributed by atoms with Crippen molar-refractivity contribution in [2.75, 3.05) is 13.1 Å². The Morgan fingerprint density at radius 3 is 2.35 bits per heavy atom. The van der Waals surface area contributed by atoms with Gasteiger partial charge in [0.15, 0.2) is 5.54 Å². The molecule has 3 rings (SSSR count). The molecule has 1 aliphatic heterocycles. The summed E-state index contributed by atoms with van der Waals surface area (Å²) in [6, 6.07) is 13.9. The van der Waals surface area contributed by atoms with E-state index in [0.717, 1.165) is 36.4 Å². The number of rotatable bonds is 4. The topological polar surface area (TPSA) is 46.3 Å². The molecule has 2 aromatic rings. The average Bonchev–Trinajstić information content (AvgIpc) is 3.14. The largest absolute Gasteiger partial charge is 0.367 e. The highest BCUT2D eigenvalue weighted by molar-refractivity contribution is 7.10. The Balaban J connectivity index is 2.22. The van der Waals surface area contributed by atoms with Crippen LogP contribution in [0.3, 0.4) is 0 Å². The second-order valence-electron chi connectivity index (χ2n) is 5.11. The third-order valence-electron chi connectivity index (χ3n) is 4.01. The minimum atomic E-state index is -0.814. The summed E-state index contributed by atoms with van der Waals surface area (Å²) in [4.78, 5) is 15.7. The molecule has 1 aromatic carbocycles. The first-order valence-corrected chi connectivity index (χ1v) is 7.78. The maximum Gasteiger partial charge on any atom is 0.248 e. The van der Waals surface area contributed by atoms with E-state index in [9.17, 15) is 4.79 Å². The standard InChI is InChI=1S/C16H18N2OS/c17-15(19)16(14-9-6-12-20-14,18-10-4-5-11-18)13-7-2-1-3-8-13/h1-3,6-9,12H,4-5,10-11H2,(H2,17,19). The second kappa shape index (κ2) is 5.38. The number of primary amides is 1. The maximum absolute atomic E-state index is 12.5. The van der Waals surface area contributed by atoms with E-state index in [0.29, 0.717) is 0 Å². The van der Waals surface area contributed by atoms with Crippen LogP contribution in [0.4, 0.5) is 0 Å². The van der Waals surface area contributed by atoms with E-state index in [1.54, 1.807) is 11.3 Å². The third-order valence-corrected chi connectivity index (χ3v) is 4.98. The number of nitrogens with zero attached hydrogens (tertiary/aromatic N) is 1. The van der Waals surface area contributed by atoms with E-state index in [-0.39, 0.29) is 5.91 Å². The van der Waals surface area contributed by atoms with Crippen molar-refractivity contribution in [1.29, 1.82) is 0 Å². The van der Waals surface area contributed by atoms with Gasteiger partial charge in [-0.3, -0.25) is 9.69 Å². The number of carbonyl (C=O) groups excluding carboxylic acids is 1. The molecule has 0 aliphatic carbocycles. The van der Waals surface area contributed by atoms with Crippen LogP contribution in [-0.2, 0) is 10.3 Å². The maximum atomic E-state index is 12.5. The van der Waals surface area contributed by atoms with Crippen LogP contribution in [0, 0.1) is 0 Å². The van der Waals surface area contributed by atoms with Gasteiger partial charge in [-0.1, -0.05) is 36.4 Å². The lowest BCUT2D eigenvalue weighted by atomic mass is 9.85. The van der Waals surface area contributed by atoms with E-state index < -0.39 is 5.54 Å². The first-order chi connectivity index (χ1) is 9.76. The summed E-state index contributed by atoms with van der Waals surface area (Å²) in [5, 5.41) is 2.01. The predicted octanol–water partition coefficient (Wildman–Crippen LogP) is 2.57.